The van der Waals surface area contributed by atoms with E-state index in [1.165, 1.54) is 11.3 Å². The Labute approximate surface area is 202 Å². The highest BCUT2D eigenvalue weighted by atomic mass is 32.1. The maximum Gasteiger partial charge on any atom is 0.269 e. The van der Waals surface area contributed by atoms with Crippen molar-refractivity contribution >= 4 is 40.2 Å². The number of rotatable bonds is 7. The predicted octanol–water partition coefficient (Wildman–Crippen LogP) is 6.44. The lowest BCUT2D eigenvalue weighted by molar-refractivity contribution is -0.122. The first kappa shape index (κ1) is 23.0. The van der Waals surface area contributed by atoms with Crippen LogP contribution in [0.5, 0.6) is 0 Å². The molecular formula is C27H26N2O2S2. The highest BCUT2D eigenvalue weighted by Crippen LogP contribution is 2.33. The van der Waals surface area contributed by atoms with E-state index < -0.39 is 6.04 Å². The summed E-state index contributed by atoms with van der Waals surface area (Å²) < 4.78 is 0. The Morgan fingerprint density at radius 1 is 0.879 bits per heavy atom. The molecule has 2 heterocycles. The first-order valence-corrected chi connectivity index (χ1v) is 12.5. The van der Waals surface area contributed by atoms with E-state index in [9.17, 15) is 9.59 Å². The maximum absolute atomic E-state index is 13.8. The molecule has 168 valence electrons. The largest absolute Gasteiger partial charge is 0.349 e. The van der Waals surface area contributed by atoms with Gasteiger partial charge in [-0.25, -0.2) is 0 Å². The topological polar surface area (TPSA) is 49.4 Å². The smallest absolute Gasteiger partial charge is 0.269 e. The molecule has 0 saturated heterocycles. The summed E-state index contributed by atoms with van der Waals surface area (Å²) in [4.78, 5) is 30.9. The molecule has 0 fully saturated rings. The van der Waals surface area contributed by atoms with Crippen LogP contribution in [-0.2, 0) is 11.3 Å². The van der Waals surface area contributed by atoms with Gasteiger partial charge in [0.1, 0.15) is 6.04 Å². The van der Waals surface area contributed by atoms with Crippen molar-refractivity contribution < 1.29 is 9.59 Å². The van der Waals surface area contributed by atoms with Crippen molar-refractivity contribution in [1.82, 2.24) is 5.32 Å². The quantitative estimate of drug-likeness (QED) is 0.335. The minimum Gasteiger partial charge on any atom is -0.349 e. The summed E-state index contributed by atoms with van der Waals surface area (Å²) in [5.41, 5.74) is 4.58. The van der Waals surface area contributed by atoms with Gasteiger partial charge in [0.2, 0.25) is 5.91 Å². The van der Waals surface area contributed by atoms with E-state index in [0.717, 1.165) is 32.8 Å². The van der Waals surface area contributed by atoms with Crippen molar-refractivity contribution in [3.8, 4) is 0 Å². The lowest BCUT2D eigenvalue weighted by Gasteiger charge is -2.32. The number of benzene rings is 2. The van der Waals surface area contributed by atoms with Gasteiger partial charge in [-0.2, -0.15) is 0 Å². The van der Waals surface area contributed by atoms with E-state index in [2.05, 4.69) is 5.32 Å². The van der Waals surface area contributed by atoms with Gasteiger partial charge in [-0.1, -0.05) is 54.1 Å². The van der Waals surface area contributed by atoms with Crippen molar-refractivity contribution in [2.45, 2.75) is 33.4 Å². The lowest BCUT2D eigenvalue weighted by Crippen LogP contribution is -2.44. The molecule has 4 rings (SSSR count). The summed E-state index contributed by atoms with van der Waals surface area (Å²) in [5.74, 6) is -0.395. The second-order valence-corrected chi connectivity index (χ2v) is 10.0. The summed E-state index contributed by atoms with van der Waals surface area (Å²) in [6.45, 7) is 6.40. The Kier molecular flexibility index (Phi) is 7.06. The van der Waals surface area contributed by atoms with E-state index in [4.69, 9.17) is 0 Å². The second kappa shape index (κ2) is 10.1. The normalized spacial score (nSPS) is 11.7. The van der Waals surface area contributed by atoms with E-state index in [0.29, 0.717) is 11.4 Å². The Morgan fingerprint density at radius 3 is 2.24 bits per heavy atom. The second-order valence-electron chi connectivity index (χ2n) is 8.05. The molecule has 0 aliphatic rings. The minimum atomic E-state index is -0.805. The highest BCUT2D eigenvalue weighted by molar-refractivity contribution is 7.12. The molecule has 1 atom stereocenters. The number of carbonyl (C=O) groups excluding carboxylic acids is 2. The number of hydrogen-bond acceptors (Lipinski definition) is 4. The zero-order valence-corrected chi connectivity index (χ0v) is 20.5. The molecule has 0 unspecified atom stereocenters. The zero-order chi connectivity index (χ0) is 23.4. The van der Waals surface area contributed by atoms with Crippen molar-refractivity contribution in [1.29, 1.82) is 0 Å². The molecule has 4 nitrogen and oxygen atoms in total. The van der Waals surface area contributed by atoms with Gasteiger partial charge in [0.25, 0.3) is 5.91 Å². The van der Waals surface area contributed by atoms with Crippen molar-refractivity contribution in [3.05, 3.63) is 109 Å². The third kappa shape index (κ3) is 5.24. The molecule has 6 heteroatoms. The third-order valence-corrected chi connectivity index (χ3v) is 7.23. The van der Waals surface area contributed by atoms with E-state index in [1.54, 1.807) is 22.3 Å². The number of nitrogens with one attached hydrogen (secondary N) is 1. The van der Waals surface area contributed by atoms with E-state index >= 15 is 0 Å². The Hall–Kier alpha value is -3.22. The predicted molar refractivity (Wildman–Crippen MR) is 137 cm³/mol. The first-order chi connectivity index (χ1) is 15.9. The van der Waals surface area contributed by atoms with Gasteiger partial charge in [0.05, 0.1) is 11.4 Å². The molecule has 0 bridgehead atoms. The molecular weight excluding hydrogens is 448 g/mol. The Balaban J connectivity index is 1.82. The van der Waals surface area contributed by atoms with Crippen molar-refractivity contribution in [2.75, 3.05) is 4.90 Å². The molecule has 4 aromatic rings. The van der Waals surface area contributed by atoms with Gasteiger partial charge in [0.15, 0.2) is 0 Å². The van der Waals surface area contributed by atoms with Gasteiger partial charge in [-0.05, 0) is 66.4 Å². The van der Waals surface area contributed by atoms with Crippen LogP contribution in [0.1, 0.15) is 42.8 Å². The van der Waals surface area contributed by atoms with Crippen LogP contribution in [0.3, 0.4) is 0 Å². The van der Waals surface area contributed by atoms with E-state index in [1.807, 2.05) is 92.2 Å². The average molecular weight is 475 g/mol. The number of nitrogens with zero attached hydrogens (tertiary/aromatic N) is 1. The number of anilines is 1. The van der Waals surface area contributed by atoms with E-state index in [-0.39, 0.29) is 11.8 Å². The van der Waals surface area contributed by atoms with Crippen LogP contribution in [0.25, 0.3) is 0 Å². The van der Waals surface area contributed by atoms with Gasteiger partial charge >= 0.3 is 0 Å². The molecule has 0 radical (unpaired) electrons. The number of amides is 2. The molecule has 0 spiro atoms. The van der Waals surface area contributed by atoms with Crippen LogP contribution < -0.4 is 10.2 Å². The van der Waals surface area contributed by atoms with Crippen LogP contribution in [0.2, 0.25) is 0 Å². The average Bonchev–Trinajstić information content (AvgIpc) is 3.52. The number of thiophene rings is 2. The molecule has 0 saturated carbocycles. The Bertz CT molecular complexity index is 1230. The molecule has 2 aromatic carbocycles. The number of aryl methyl sites for hydroxylation is 3. The first-order valence-electron chi connectivity index (χ1n) is 10.7. The monoisotopic (exact) mass is 474 g/mol. The van der Waals surface area contributed by atoms with Crippen LogP contribution in [0.15, 0.2) is 77.5 Å². The lowest BCUT2D eigenvalue weighted by atomic mass is 9.99. The van der Waals surface area contributed by atoms with Crippen LogP contribution in [0.4, 0.5) is 5.69 Å². The molecule has 0 aliphatic carbocycles. The van der Waals surface area contributed by atoms with Gasteiger partial charge in [-0.3, -0.25) is 14.5 Å². The summed E-state index contributed by atoms with van der Waals surface area (Å²) >= 11 is 2.98. The number of hydrogen-bond donors (Lipinski definition) is 1. The molecule has 2 aromatic heterocycles. The Morgan fingerprint density at radius 2 is 1.58 bits per heavy atom. The zero-order valence-electron chi connectivity index (χ0n) is 18.9. The van der Waals surface area contributed by atoms with Crippen LogP contribution in [-0.4, -0.2) is 11.8 Å². The highest BCUT2D eigenvalue weighted by Gasteiger charge is 2.34. The fourth-order valence-electron chi connectivity index (χ4n) is 3.71. The standard InChI is InChI=1S/C27H26N2O2S2/c1-18-9-12-21(13-10-18)25(26(30)28-17-22-6-4-14-32-22)29(27(31)24-7-5-15-33-24)23-16-19(2)8-11-20(23)3/h4-16,25H,17H2,1-3H3,(H,28,30)/t25-/m1/s1. The van der Waals surface area contributed by atoms with Gasteiger partial charge in [-0.15, -0.1) is 22.7 Å². The minimum absolute atomic E-state index is 0.185. The number of carbonyl (C=O) groups is 2. The summed E-state index contributed by atoms with van der Waals surface area (Å²) in [5, 5.41) is 6.93. The summed E-state index contributed by atoms with van der Waals surface area (Å²) in [6.07, 6.45) is 0. The molecule has 0 aliphatic heterocycles. The SMILES string of the molecule is Cc1ccc([C@H](C(=O)NCc2cccs2)N(C(=O)c2cccs2)c2cc(C)ccc2C)cc1. The van der Waals surface area contributed by atoms with Crippen molar-refractivity contribution in [2.24, 2.45) is 0 Å². The third-order valence-electron chi connectivity index (χ3n) is 5.49. The molecule has 2 amide bonds. The van der Waals surface area contributed by atoms with Crippen LogP contribution in [0, 0.1) is 20.8 Å². The fourth-order valence-corrected chi connectivity index (χ4v) is 5.02. The molecule has 1 N–H and O–H groups in total. The van der Waals surface area contributed by atoms with Gasteiger partial charge in [0, 0.05) is 10.6 Å². The summed E-state index contributed by atoms with van der Waals surface area (Å²) in [6, 6.07) is 20.6. The maximum atomic E-state index is 13.8. The summed E-state index contributed by atoms with van der Waals surface area (Å²) in [7, 11) is 0. The molecule has 33 heavy (non-hydrogen) atoms. The fraction of sp³-hybridized carbons (Fsp3) is 0.185. The van der Waals surface area contributed by atoms with Gasteiger partial charge < -0.3 is 5.32 Å². The van der Waals surface area contributed by atoms with Crippen LogP contribution >= 0.6 is 22.7 Å². The van der Waals surface area contributed by atoms with Crippen molar-refractivity contribution in [3.63, 3.8) is 0 Å².